The Morgan fingerprint density at radius 2 is 1.69 bits per heavy atom. The van der Waals surface area contributed by atoms with Gasteiger partial charge in [0.2, 0.25) is 0 Å². The molecule has 1 fully saturated rings. The normalized spacial score (nSPS) is 19.6. The van der Waals surface area contributed by atoms with Crippen LogP contribution in [-0.4, -0.2) is 49.4 Å². The summed E-state index contributed by atoms with van der Waals surface area (Å²) in [5, 5.41) is 5.91. The number of hydrogen-bond donors (Lipinski definition) is 2. The fourth-order valence-corrected chi connectivity index (χ4v) is 4.79. The standard InChI is InChI=1S/C26H32N4O2/c1-26(2)22-11-7-8-12-23(22)29(3)24(26)17-21(31)18-30-15-13-20(14-16-30)28-25(32)27-19-9-5-4-6-10-19/h4-12,17,20H,13-16,18H2,1-3H3,(H2,27,28,32)/b24-17-. The average molecular weight is 433 g/mol. The summed E-state index contributed by atoms with van der Waals surface area (Å²) in [5.41, 5.74) is 4.05. The molecule has 0 atom stereocenters. The average Bonchev–Trinajstić information content (AvgIpc) is 2.97. The van der Waals surface area contributed by atoms with Crippen LogP contribution < -0.4 is 15.5 Å². The molecule has 0 saturated carbocycles. The third-order valence-electron chi connectivity index (χ3n) is 6.57. The van der Waals surface area contributed by atoms with E-state index in [9.17, 15) is 9.59 Å². The smallest absolute Gasteiger partial charge is 0.319 e. The molecule has 0 bridgehead atoms. The SMILES string of the molecule is CN1/C(=C\C(=O)CN2CCC(NC(=O)Nc3ccccc3)CC2)C(C)(C)c2ccccc21. The van der Waals surface area contributed by atoms with Crippen molar-refractivity contribution >= 4 is 23.2 Å². The number of nitrogens with zero attached hydrogens (tertiary/aromatic N) is 2. The van der Waals surface area contributed by atoms with Crippen LogP contribution in [-0.2, 0) is 10.2 Å². The lowest BCUT2D eigenvalue weighted by molar-refractivity contribution is -0.116. The van der Waals surface area contributed by atoms with Crippen LogP contribution in [0.15, 0.2) is 66.4 Å². The number of urea groups is 1. The van der Waals surface area contributed by atoms with E-state index in [-0.39, 0.29) is 23.3 Å². The van der Waals surface area contributed by atoms with Gasteiger partial charge in [0.05, 0.1) is 6.54 Å². The second-order valence-electron chi connectivity index (χ2n) is 9.21. The highest BCUT2D eigenvalue weighted by atomic mass is 16.2. The largest absolute Gasteiger partial charge is 0.347 e. The summed E-state index contributed by atoms with van der Waals surface area (Å²) in [6, 6.07) is 17.7. The minimum atomic E-state index is -0.190. The maximum absolute atomic E-state index is 12.9. The van der Waals surface area contributed by atoms with Crippen LogP contribution in [0, 0.1) is 0 Å². The van der Waals surface area contributed by atoms with Crippen LogP contribution >= 0.6 is 0 Å². The van der Waals surface area contributed by atoms with Gasteiger partial charge in [-0.15, -0.1) is 0 Å². The van der Waals surface area contributed by atoms with Gasteiger partial charge >= 0.3 is 6.03 Å². The number of rotatable bonds is 5. The number of nitrogens with one attached hydrogen (secondary N) is 2. The highest BCUT2D eigenvalue weighted by Crippen LogP contribution is 2.46. The van der Waals surface area contributed by atoms with Gasteiger partial charge in [0.1, 0.15) is 0 Å². The van der Waals surface area contributed by atoms with Crippen molar-refractivity contribution in [1.29, 1.82) is 0 Å². The second kappa shape index (κ2) is 9.17. The summed E-state index contributed by atoms with van der Waals surface area (Å²) >= 11 is 0. The lowest BCUT2D eigenvalue weighted by atomic mass is 9.83. The zero-order valence-corrected chi connectivity index (χ0v) is 19.1. The second-order valence-corrected chi connectivity index (χ2v) is 9.21. The number of carbonyl (C=O) groups is 2. The third-order valence-corrected chi connectivity index (χ3v) is 6.57. The molecule has 6 heteroatoms. The third kappa shape index (κ3) is 4.70. The molecule has 2 aliphatic rings. The van der Waals surface area contributed by atoms with E-state index in [0.717, 1.165) is 43.0 Å². The first-order chi connectivity index (χ1) is 15.3. The van der Waals surface area contributed by atoms with Crippen molar-refractivity contribution in [1.82, 2.24) is 10.2 Å². The van der Waals surface area contributed by atoms with Crippen LogP contribution in [0.25, 0.3) is 0 Å². The monoisotopic (exact) mass is 432 g/mol. The van der Waals surface area contributed by atoms with Crippen molar-refractivity contribution in [3.8, 4) is 0 Å². The van der Waals surface area contributed by atoms with Crippen LogP contribution in [0.4, 0.5) is 16.2 Å². The van der Waals surface area contributed by atoms with Gasteiger partial charge in [-0.25, -0.2) is 4.79 Å². The van der Waals surface area contributed by atoms with Crippen molar-refractivity contribution in [3.05, 3.63) is 71.9 Å². The molecule has 2 aromatic rings. The van der Waals surface area contributed by atoms with Crippen LogP contribution in [0.1, 0.15) is 32.3 Å². The van der Waals surface area contributed by atoms with Crippen LogP contribution in [0.3, 0.4) is 0 Å². The van der Waals surface area contributed by atoms with Crippen molar-refractivity contribution in [2.45, 2.75) is 38.1 Å². The summed E-state index contributed by atoms with van der Waals surface area (Å²) in [7, 11) is 2.03. The molecule has 0 aliphatic carbocycles. The van der Waals surface area contributed by atoms with Gasteiger partial charge in [-0.05, 0) is 36.6 Å². The Hall–Kier alpha value is -3.12. The predicted molar refractivity (Wildman–Crippen MR) is 129 cm³/mol. The van der Waals surface area contributed by atoms with Gasteiger partial charge in [0.25, 0.3) is 0 Å². The summed E-state index contributed by atoms with van der Waals surface area (Å²) in [5.74, 6) is 0.126. The number of allylic oxidation sites excluding steroid dienone is 1. The summed E-state index contributed by atoms with van der Waals surface area (Å²) < 4.78 is 0. The highest BCUT2D eigenvalue weighted by Gasteiger charge is 2.38. The number of likely N-dealkylation sites (N-methyl/N-ethyl adjacent to an activating group) is 1. The fraction of sp³-hybridized carbons (Fsp3) is 0.385. The first-order valence-electron chi connectivity index (χ1n) is 11.3. The molecule has 2 amide bonds. The van der Waals surface area contributed by atoms with Gasteiger partial charge in [-0.2, -0.15) is 0 Å². The van der Waals surface area contributed by atoms with Crippen molar-refractivity contribution in [2.24, 2.45) is 0 Å². The lowest BCUT2D eigenvalue weighted by Gasteiger charge is -2.32. The van der Waals surface area contributed by atoms with Crippen molar-refractivity contribution in [2.75, 3.05) is 36.9 Å². The van der Waals surface area contributed by atoms with E-state index < -0.39 is 0 Å². The number of benzene rings is 2. The summed E-state index contributed by atoms with van der Waals surface area (Å²) in [6.07, 6.45) is 3.49. The molecule has 2 aliphatic heterocycles. The first kappa shape index (κ1) is 22.1. The van der Waals surface area contributed by atoms with Crippen molar-refractivity contribution < 1.29 is 9.59 Å². The number of amides is 2. The van der Waals surface area contributed by atoms with Crippen LogP contribution in [0.5, 0.6) is 0 Å². The molecule has 2 aromatic carbocycles. The van der Waals surface area contributed by atoms with Gasteiger partial charge in [0.15, 0.2) is 5.78 Å². The first-order valence-corrected chi connectivity index (χ1v) is 11.3. The van der Waals surface area contributed by atoms with Gasteiger partial charge in [0, 0.05) is 54.7 Å². The van der Waals surface area contributed by atoms with E-state index in [0.29, 0.717) is 6.54 Å². The lowest BCUT2D eigenvalue weighted by Crippen LogP contribution is -2.47. The van der Waals surface area contributed by atoms with E-state index in [1.165, 1.54) is 5.56 Å². The van der Waals surface area contributed by atoms with Crippen molar-refractivity contribution in [3.63, 3.8) is 0 Å². The molecule has 0 spiro atoms. The number of carbonyl (C=O) groups excluding carboxylic acids is 2. The molecule has 2 heterocycles. The van der Waals surface area contributed by atoms with Gasteiger partial charge in [-0.3, -0.25) is 9.69 Å². The predicted octanol–water partition coefficient (Wildman–Crippen LogP) is 4.15. The molecule has 4 rings (SSSR count). The molecular weight excluding hydrogens is 400 g/mol. The fourth-order valence-electron chi connectivity index (χ4n) is 4.79. The Bertz CT molecular complexity index is 1010. The number of hydrogen-bond acceptors (Lipinski definition) is 4. The zero-order chi connectivity index (χ0) is 22.7. The van der Waals surface area contributed by atoms with Crippen LogP contribution in [0.2, 0.25) is 0 Å². The Morgan fingerprint density at radius 3 is 2.38 bits per heavy atom. The number of ketones is 1. The molecule has 168 valence electrons. The number of fused-ring (bicyclic) bond motifs is 1. The van der Waals surface area contributed by atoms with Gasteiger partial charge < -0.3 is 15.5 Å². The molecule has 1 saturated heterocycles. The Balaban J connectivity index is 1.28. The molecule has 0 aromatic heterocycles. The number of anilines is 2. The zero-order valence-electron chi connectivity index (χ0n) is 19.1. The molecule has 32 heavy (non-hydrogen) atoms. The molecule has 2 N–H and O–H groups in total. The Labute approximate surface area is 190 Å². The molecule has 0 radical (unpaired) electrons. The number of para-hydroxylation sites is 2. The molecule has 6 nitrogen and oxygen atoms in total. The van der Waals surface area contributed by atoms with E-state index >= 15 is 0 Å². The molecular formula is C26H32N4O2. The highest BCUT2D eigenvalue weighted by molar-refractivity contribution is 5.94. The van der Waals surface area contributed by atoms with Gasteiger partial charge in [-0.1, -0.05) is 50.2 Å². The van der Waals surface area contributed by atoms with E-state index in [1.54, 1.807) is 0 Å². The maximum atomic E-state index is 12.9. The Kier molecular flexibility index (Phi) is 6.33. The minimum absolute atomic E-state index is 0.123. The van der Waals surface area contributed by atoms with E-state index in [1.807, 2.05) is 49.5 Å². The quantitative estimate of drug-likeness (QED) is 0.697. The minimum Gasteiger partial charge on any atom is -0.347 e. The van der Waals surface area contributed by atoms with E-state index in [4.69, 9.17) is 0 Å². The Morgan fingerprint density at radius 1 is 1.03 bits per heavy atom. The summed E-state index contributed by atoms with van der Waals surface area (Å²) in [4.78, 5) is 29.4. The van der Waals surface area contributed by atoms with E-state index in [2.05, 4.69) is 52.5 Å². The number of likely N-dealkylation sites (tertiary alicyclic amines) is 1. The summed E-state index contributed by atoms with van der Waals surface area (Å²) in [6.45, 7) is 6.35. The maximum Gasteiger partial charge on any atom is 0.319 e. The molecule has 0 unspecified atom stereocenters. The number of piperidine rings is 1. The topological polar surface area (TPSA) is 64.7 Å².